The van der Waals surface area contributed by atoms with Gasteiger partial charge in [0.05, 0.1) is 13.7 Å². The number of amides is 2. The van der Waals surface area contributed by atoms with Crippen LogP contribution in [0.2, 0.25) is 0 Å². The number of nitrogens with zero attached hydrogens (tertiary/aromatic N) is 2. The largest absolute Gasteiger partial charge is 0.497 e. The molecule has 0 saturated carbocycles. The summed E-state index contributed by atoms with van der Waals surface area (Å²) >= 11 is 0. The van der Waals surface area contributed by atoms with Crippen molar-refractivity contribution in [3.8, 4) is 5.75 Å². The van der Waals surface area contributed by atoms with Crippen LogP contribution in [0.3, 0.4) is 0 Å². The van der Waals surface area contributed by atoms with Crippen LogP contribution >= 0.6 is 0 Å². The number of anilines is 1. The third kappa shape index (κ3) is 7.76. The van der Waals surface area contributed by atoms with E-state index in [1.54, 1.807) is 31.4 Å². The van der Waals surface area contributed by atoms with Gasteiger partial charge in [0.15, 0.2) is 0 Å². The summed E-state index contributed by atoms with van der Waals surface area (Å²) in [6.45, 7) is 3.14. The van der Waals surface area contributed by atoms with Crippen molar-refractivity contribution < 1.29 is 18.3 Å². The number of rotatable bonds is 10. The Morgan fingerprint density at radius 3 is 2.30 bits per heavy atom. The average molecular weight is 508 g/mol. The Kier molecular flexibility index (Phi) is 9.49. The van der Waals surface area contributed by atoms with Gasteiger partial charge in [0.25, 0.3) is 0 Å². The molecular formula is C30H35F2N3O2. The molecule has 7 heteroatoms. The molecule has 1 N–H and O–H groups in total. The highest BCUT2D eigenvalue weighted by molar-refractivity contribution is 5.89. The summed E-state index contributed by atoms with van der Waals surface area (Å²) in [6.07, 6.45) is 4.13. The van der Waals surface area contributed by atoms with E-state index in [2.05, 4.69) is 34.5 Å². The SMILES string of the molecule is COc1ccc(NC(=O)N(CCCN2CCC(Cc3ccccc3)CC2)Cc2c(F)cccc2F)cc1. The van der Waals surface area contributed by atoms with E-state index in [1.165, 1.54) is 28.7 Å². The molecule has 0 bridgehead atoms. The van der Waals surface area contributed by atoms with E-state index in [0.717, 1.165) is 45.3 Å². The van der Waals surface area contributed by atoms with Gasteiger partial charge in [-0.3, -0.25) is 0 Å². The predicted molar refractivity (Wildman–Crippen MR) is 143 cm³/mol. The summed E-state index contributed by atoms with van der Waals surface area (Å²) in [4.78, 5) is 17.0. The third-order valence-electron chi connectivity index (χ3n) is 7.02. The Morgan fingerprint density at radius 1 is 0.973 bits per heavy atom. The van der Waals surface area contributed by atoms with Gasteiger partial charge in [0, 0.05) is 17.8 Å². The molecule has 0 spiro atoms. The summed E-state index contributed by atoms with van der Waals surface area (Å²) in [5.41, 5.74) is 1.87. The number of piperidine rings is 1. The number of hydrogen-bond acceptors (Lipinski definition) is 3. The molecule has 4 rings (SSSR count). The summed E-state index contributed by atoms with van der Waals surface area (Å²) in [6, 6.07) is 21.0. The maximum absolute atomic E-state index is 14.4. The molecule has 0 unspecified atom stereocenters. The zero-order valence-electron chi connectivity index (χ0n) is 21.3. The van der Waals surface area contributed by atoms with Crippen molar-refractivity contribution in [1.29, 1.82) is 0 Å². The van der Waals surface area contributed by atoms with Crippen molar-refractivity contribution in [2.45, 2.75) is 32.2 Å². The lowest BCUT2D eigenvalue weighted by atomic mass is 9.90. The molecule has 196 valence electrons. The van der Waals surface area contributed by atoms with Crippen LogP contribution in [0.5, 0.6) is 5.75 Å². The standard InChI is InChI=1S/C30H35F2N3O2/c1-37-26-13-11-25(12-14-26)33-30(36)35(22-27-28(31)9-5-10-29(27)32)18-6-17-34-19-15-24(16-20-34)21-23-7-3-2-4-8-23/h2-5,7-14,24H,6,15-22H2,1H3,(H,33,36). The molecule has 1 aliphatic rings. The van der Waals surface area contributed by atoms with Crippen molar-refractivity contribution in [1.82, 2.24) is 9.80 Å². The van der Waals surface area contributed by atoms with Crippen LogP contribution in [0.15, 0.2) is 72.8 Å². The van der Waals surface area contributed by atoms with Crippen LogP contribution in [0.25, 0.3) is 0 Å². The van der Waals surface area contributed by atoms with Gasteiger partial charge in [-0.2, -0.15) is 0 Å². The first-order valence-electron chi connectivity index (χ1n) is 12.9. The Balaban J connectivity index is 1.32. The zero-order chi connectivity index (χ0) is 26.0. The third-order valence-corrected chi connectivity index (χ3v) is 7.02. The fourth-order valence-electron chi connectivity index (χ4n) is 4.85. The maximum Gasteiger partial charge on any atom is 0.322 e. The van der Waals surface area contributed by atoms with Crippen molar-refractivity contribution in [3.05, 3.63) is 95.6 Å². The van der Waals surface area contributed by atoms with Gasteiger partial charge in [-0.15, -0.1) is 0 Å². The molecule has 2 amide bonds. The van der Waals surface area contributed by atoms with Crippen LogP contribution in [0, 0.1) is 17.6 Å². The highest BCUT2D eigenvalue weighted by atomic mass is 19.1. The number of carbonyl (C=O) groups is 1. The highest BCUT2D eigenvalue weighted by Gasteiger charge is 2.22. The summed E-state index contributed by atoms with van der Waals surface area (Å²) in [7, 11) is 1.57. The predicted octanol–water partition coefficient (Wildman–Crippen LogP) is 6.35. The minimum atomic E-state index is -0.650. The summed E-state index contributed by atoms with van der Waals surface area (Å²) in [5, 5.41) is 2.84. The van der Waals surface area contributed by atoms with E-state index in [0.29, 0.717) is 23.9 Å². The fraction of sp³-hybridized carbons (Fsp3) is 0.367. The number of likely N-dealkylation sites (tertiary alicyclic amines) is 1. The van der Waals surface area contributed by atoms with E-state index in [4.69, 9.17) is 4.74 Å². The first-order chi connectivity index (χ1) is 18.0. The molecular weight excluding hydrogens is 472 g/mol. The van der Waals surface area contributed by atoms with Gasteiger partial charge in [0.1, 0.15) is 17.4 Å². The van der Waals surface area contributed by atoms with Gasteiger partial charge < -0.3 is 19.9 Å². The number of benzene rings is 3. The van der Waals surface area contributed by atoms with Crippen molar-refractivity contribution in [2.24, 2.45) is 5.92 Å². The molecule has 0 aliphatic carbocycles. The Morgan fingerprint density at radius 2 is 1.65 bits per heavy atom. The van der Waals surface area contributed by atoms with E-state index < -0.39 is 17.7 Å². The fourth-order valence-corrected chi connectivity index (χ4v) is 4.85. The summed E-state index contributed by atoms with van der Waals surface area (Å²) < 4.78 is 33.9. The number of methoxy groups -OCH3 is 1. The van der Waals surface area contributed by atoms with Crippen LogP contribution < -0.4 is 10.1 Å². The molecule has 1 heterocycles. The number of carbonyl (C=O) groups excluding carboxylic acids is 1. The van der Waals surface area contributed by atoms with Gasteiger partial charge in [0.2, 0.25) is 0 Å². The van der Waals surface area contributed by atoms with Crippen molar-refractivity contribution in [3.63, 3.8) is 0 Å². The number of hydrogen-bond donors (Lipinski definition) is 1. The number of urea groups is 1. The van der Waals surface area contributed by atoms with Gasteiger partial charge in [-0.25, -0.2) is 13.6 Å². The Bertz CT molecular complexity index is 1110. The first kappa shape index (κ1) is 26.6. The number of nitrogens with one attached hydrogen (secondary N) is 1. The first-order valence-corrected chi connectivity index (χ1v) is 12.9. The van der Waals surface area contributed by atoms with Gasteiger partial charge >= 0.3 is 6.03 Å². The smallest absolute Gasteiger partial charge is 0.322 e. The quantitative estimate of drug-likeness (QED) is 0.348. The molecule has 3 aromatic rings. The molecule has 1 aliphatic heterocycles. The molecule has 0 atom stereocenters. The molecule has 0 radical (unpaired) electrons. The lowest BCUT2D eigenvalue weighted by Crippen LogP contribution is -2.39. The topological polar surface area (TPSA) is 44.8 Å². The normalized spacial score (nSPS) is 14.4. The highest BCUT2D eigenvalue weighted by Crippen LogP contribution is 2.22. The Hall–Kier alpha value is -3.45. The second-order valence-corrected chi connectivity index (χ2v) is 9.61. The van der Waals surface area contributed by atoms with Gasteiger partial charge in [-0.05, 0) is 93.2 Å². The summed E-state index contributed by atoms with van der Waals surface area (Å²) in [5.74, 6) is 0.0655. The van der Waals surface area contributed by atoms with Crippen LogP contribution in [0.1, 0.15) is 30.4 Å². The molecule has 5 nitrogen and oxygen atoms in total. The van der Waals surface area contributed by atoms with Crippen LogP contribution in [0.4, 0.5) is 19.3 Å². The number of halogens is 2. The second-order valence-electron chi connectivity index (χ2n) is 9.61. The van der Waals surface area contributed by atoms with Crippen LogP contribution in [-0.4, -0.2) is 49.1 Å². The van der Waals surface area contributed by atoms with E-state index >= 15 is 0 Å². The lowest BCUT2D eigenvalue weighted by molar-refractivity contribution is 0.170. The Labute approximate surface area is 218 Å². The maximum atomic E-state index is 14.4. The van der Waals surface area contributed by atoms with Gasteiger partial charge in [-0.1, -0.05) is 36.4 Å². The second kappa shape index (κ2) is 13.2. The molecule has 1 fully saturated rings. The monoisotopic (exact) mass is 507 g/mol. The number of ether oxygens (including phenoxy) is 1. The van der Waals surface area contributed by atoms with Crippen LogP contribution in [-0.2, 0) is 13.0 Å². The molecule has 37 heavy (non-hydrogen) atoms. The molecule has 3 aromatic carbocycles. The zero-order valence-corrected chi connectivity index (χ0v) is 21.3. The lowest BCUT2D eigenvalue weighted by Gasteiger charge is -2.32. The van der Waals surface area contributed by atoms with Crippen molar-refractivity contribution >= 4 is 11.7 Å². The van der Waals surface area contributed by atoms with E-state index in [1.807, 2.05) is 6.07 Å². The van der Waals surface area contributed by atoms with E-state index in [9.17, 15) is 13.6 Å². The van der Waals surface area contributed by atoms with Crippen molar-refractivity contribution in [2.75, 3.05) is 38.6 Å². The molecule has 1 saturated heterocycles. The minimum Gasteiger partial charge on any atom is -0.497 e. The average Bonchev–Trinajstić information content (AvgIpc) is 2.92. The van der Waals surface area contributed by atoms with E-state index in [-0.39, 0.29) is 12.1 Å². The molecule has 0 aromatic heterocycles. The minimum absolute atomic E-state index is 0.103.